The molecule has 152 valence electrons. The summed E-state index contributed by atoms with van der Waals surface area (Å²) >= 11 is 1.53. The average molecular weight is 404 g/mol. The topological polar surface area (TPSA) is 63.7 Å². The van der Waals surface area contributed by atoms with E-state index in [4.69, 9.17) is 9.47 Å². The van der Waals surface area contributed by atoms with Crippen LogP contribution in [0.4, 0.5) is 0 Å². The summed E-state index contributed by atoms with van der Waals surface area (Å²) in [6, 6.07) is 5.75. The van der Waals surface area contributed by atoms with Crippen LogP contribution >= 0.6 is 11.3 Å². The molecule has 1 aliphatic heterocycles. The number of nitrogens with one attached hydrogen (secondary N) is 1. The van der Waals surface area contributed by atoms with Crippen molar-refractivity contribution in [3.63, 3.8) is 0 Å². The average Bonchev–Trinajstić information content (AvgIpc) is 3.23. The predicted molar refractivity (Wildman–Crippen MR) is 111 cm³/mol. The fourth-order valence-corrected chi connectivity index (χ4v) is 4.04. The Hall–Kier alpha value is -2.12. The summed E-state index contributed by atoms with van der Waals surface area (Å²) in [7, 11) is 1.62. The minimum absolute atomic E-state index is 0.136. The zero-order valence-corrected chi connectivity index (χ0v) is 17.8. The zero-order valence-electron chi connectivity index (χ0n) is 17.0. The Morgan fingerprint density at radius 1 is 1.25 bits per heavy atom. The lowest BCUT2D eigenvalue weighted by atomic mass is 10.1. The Balaban J connectivity index is 1.67. The molecule has 1 aromatic carbocycles. The van der Waals surface area contributed by atoms with Crippen molar-refractivity contribution >= 4 is 17.2 Å². The van der Waals surface area contributed by atoms with E-state index in [9.17, 15) is 4.79 Å². The second kappa shape index (κ2) is 9.39. The van der Waals surface area contributed by atoms with Crippen LogP contribution in [0.5, 0.6) is 11.5 Å². The van der Waals surface area contributed by atoms with E-state index in [0.717, 1.165) is 30.9 Å². The minimum Gasteiger partial charge on any atom is -0.493 e. The summed E-state index contributed by atoms with van der Waals surface area (Å²) in [5, 5.41) is 5.78. The standard InChI is InChI=1S/C21H29N3O3S/c1-14(2)24-10-7-17(8-11-24)27-19-13-16(5-6-18(19)26-4)20(25)23-15(3)21-22-9-12-28-21/h5-6,9,12-15,17H,7-8,10-11H2,1-4H3,(H,23,25)/t15-/m0/s1. The first-order valence-electron chi connectivity index (χ1n) is 9.77. The van der Waals surface area contributed by atoms with Gasteiger partial charge in [-0.15, -0.1) is 11.3 Å². The summed E-state index contributed by atoms with van der Waals surface area (Å²) in [4.78, 5) is 19.4. The Morgan fingerprint density at radius 2 is 2.00 bits per heavy atom. The van der Waals surface area contributed by atoms with Gasteiger partial charge in [-0.1, -0.05) is 0 Å². The van der Waals surface area contributed by atoms with Crippen molar-refractivity contribution in [3.8, 4) is 11.5 Å². The number of rotatable bonds is 7. The first-order chi connectivity index (χ1) is 13.5. The maximum atomic E-state index is 12.7. The highest BCUT2D eigenvalue weighted by Gasteiger charge is 2.23. The Bertz CT molecular complexity index is 771. The third kappa shape index (κ3) is 5.02. The molecular weight excluding hydrogens is 374 g/mol. The van der Waals surface area contributed by atoms with Crippen LogP contribution in [0.1, 0.15) is 55.0 Å². The molecule has 1 atom stereocenters. The second-order valence-electron chi connectivity index (χ2n) is 7.38. The predicted octanol–water partition coefficient (Wildman–Crippen LogP) is 3.89. The van der Waals surface area contributed by atoms with Gasteiger partial charge in [0.05, 0.1) is 13.2 Å². The van der Waals surface area contributed by atoms with Crippen molar-refractivity contribution in [1.82, 2.24) is 15.2 Å². The summed E-state index contributed by atoms with van der Waals surface area (Å²) in [6.07, 6.45) is 3.82. The highest BCUT2D eigenvalue weighted by atomic mass is 32.1. The van der Waals surface area contributed by atoms with Gasteiger partial charge in [0.15, 0.2) is 11.5 Å². The van der Waals surface area contributed by atoms with Crippen LogP contribution in [-0.4, -0.2) is 48.1 Å². The molecule has 2 heterocycles. The summed E-state index contributed by atoms with van der Waals surface area (Å²) in [5.74, 6) is 1.13. The quantitative estimate of drug-likeness (QED) is 0.760. The normalized spacial score (nSPS) is 16.8. The molecule has 1 fully saturated rings. The Labute approximate surface area is 170 Å². The van der Waals surface area contributed by atoms with Crippen LogP contribution < -0.4 is 14.8 Å². The molecule has 7 heteroatoms. The smallest absolute Gasteiger partial charge is 0.251 e. The number of methoxy groups -OCH3 is 1. The van der Waals surface area contributed by atoms with E-state index in [0.29, 0.717) is 23.1 Å². The second-order valence-corrected chi connectivity index (χ2v) is 8.30. The highest BCUT2D eigenvalue weighted by Crippen LogP contribution is 2.31. The monoisotopic (exact) mass is 403 g/mol. The fourth-order valence-electron chi connectivity index (χ4n) is 3.39. The van der Waals surface area contributed by atoms with E-state index in [1.54, 1.807) is 31.5 Å². The van der Waals surface area contributed by atoms with Crippen LogP contribution in [0.2, 0.25) is 0 Å². The lowest BCUT2D eigenvalue weighted by Gasteiger charge is -2.34. The number of carbonyl (C=O) groups excluding carboxylic acids is 1. The Morgan fingerprint density at radius 3 is 2.61 bits per heavy atom. The molecule has 1 saturated heterocycles. The number of piperidine rings is 1. The molecular formula is C21H29N3O3S. The maximum Gasteiger partial charge on any atom is 0.251 e. The van der Waals surface area contributed by atoms with E-state index in [-0.39, 0.29) is 18.1 Å². The number of amides is 1. The third-order valence-electron chi connectivity index (χ3n) is 5.10. The number of hydrogen-bond acceptors (Lipinski definition) is 6. The van der Waals surface area contributed by atoms with Crippen molar-refractivity contribution < 1.29 is 14.3 Å². The molecule has 0 bridgehead atoms. The van der Waals surface area contributed by atoms with Gasteiger partial charge in [-0.3, -0.25) is 4.79 Å². The van der Waals surface area contributed by atoms with Crippen LogP contribution in [0.25, 0.3) is 0 Å². The SMILES string of the molecule is COc1ccc(C(=O)N[C@@H](C)c2nccs2)cc1OC1CCN(C(C)C)CC1. The lowest BCUT2D eigenvalue weighted by Crippen LogP contribution is -2.41. The molecule has 2 aromatic rings. The van der Waals surface area contributed by atoms with E-state index in [1.807, 2.05) is 12.3 Å². The molecule has 0 aliphatic carbocycles. The van der Waals surface area contributed by atoms with Gasteiger partial charge in [0.1, 0.15) is 11.1 Å². The molecule has 0 spiro atoms. The summed E-state index contributed by atoms with van der Waals surface area (Å²) in [6.45, 7) is 8.42. The molecule has 1 amide bonds. The molecule has 0 radical (unpaired) electrons. The van der Waals surface area contributed by atoms with Crippen LogP contribution in [-0.2, 0) is 0 Å². The zero-order chi connectivity index (χ0) is 20.1. The molecule has 3 rings (SSSR count). The van der Waals surface area contributed by atoms with Gasteiger partial charge in [0, 0.05) is 36.3 Å². The first-order valence-corrected chi connectivity index (χ1v) is 10.6. The van der Waals surface area contributed by atoms with Crippen molar-refractivity contribution in [1.29, 1.82) is 0 Å². The number of aromatic nitrogens is 1. The molecule has 0 saturated carbocycles. The number of hydrogen-bond donors (Lipinski definition) is 1. The van der Waals surface area contributed by atoms with Crippen LogP contribution in [0.15, 0.2) is 29.8 Å². The number of carbonyl (C=O) groups is 1. The first kappa shape index (κ1) is 20.6. The number of ether oxygens (including phenoxy) is 2. The van der Waals surface area contributed by atoms with Crippen LogP contribution in [0, 0.1) is 0 Å². The molecule has 1 aliphatic rings. The fraction of sp³-hybridized carbons (Fsp3) is 0.524. The van der Waals surface area contributed by atoms with Gasteiger partial charge in [-0.2, -0.15) is 0 Å². The number of benzene rings is 1. The van der Waals surface area contributed by atoms with E-state index >= 15 is 0 Å². The van der Waals surface area contributed by atoms with Gasteiger partial charge in [-0.25, -0.2) is 4.98 Å². The van der Waals surface area contributed by atoms with Gasteiger partial charge >= 0.3 is 0 Å². The Kier molecular flexibility index (Phi) is 6.91. The summed E-state index contributed by atoms with van der Waals surface area (Å²) < 4.78 is 11.7. The maximum absolute atomic E-state index is 12.7. The number of likely N-dealkylation sites (tertiary alicyclic amines) is 1. The number of thiazole rings is 1. The molecule has 1 N–H and O–H groups in total. The van der Waals surface area contributed by atoms with Crippen molar-refractivity contribution in [2.45, 2.75) is 51.8 Å². The van der Waals surface area contributed by atoms with Crippen molar-refractivity contribution in [2.24, 2.45) is 0 Å². The minimum atomic E-state index is -0.148. The molecule has 28 heavy (non-hydrogen) atoms. The van der Waals surface area contributed by atoms with Gasteiger partial charge in [0.25, 0.3) is 5.91 Å². The van der Waals surface area contributed by atoms with Gasteiger partial charge in [-0.05, 0) is 51.8 Å². The van der Waals surface area contributed by atoms with E-state index in [2.05, 4.69) is 29.0 Å². The van der Waals surface area contributed by atoms with Gasteiger partial charge < -0.3 is 19.7 Å². The number of nitrogens with zero attached hydrogens (tertiary/aromatic N) is 2. The van der Waals surface area contributed by atoms with Gasteiger partial charge in [0.2, 0.25) is 0 Å². The molecule has 1 aromatic heterocycles. The van der Waals surface area contributed by atoms with E-state index in [1.165, 1.54) is 11.3 Å². The van der Waals surface area contributed by atoms with Crippen molar-refractivity contribution in [3.05, 3.63) is 40.3 Å². The lowest BCUT2D eigenvalue weighted by molar-refractivity contribution is 0.0818. The van der Waals surface area contributed by atoms with E-state index < -0.39 is 0 Å². The molecule has 0 unspecified atom stereocenters. The highest BCUT2D eigenvalue weighted by molar-refractivity contribution is 7.09. The van der Waals surface area contributed by atoms with Crippen molar-refractivity contribution in [2.75, 3.05) is 20.2 Å². The largest absolute Gasteiger partial charge is 0.493 e. The third-order valence-corrected chi connectivity index (χ3v) is 6.05. The summed E-state index contributed by atoms with van der Waals surface area (Å²) in [5.41, 5.74) is 0.554. The van der Waals surface area contributed by atoms with Crippen LogP contribution in [0.3, 0.4) is 0 Å². The molecule has 6 nitrogen and oxygen atoms in total.